The third-order valence-corrected chi connectivity index (χ3v) is 10.5. The summed E-state index contributed by atoms with van der Waals surface area (Å²) in [6.07, 6.45) is 0. The first-order valence-electron chi connectivity index (χ1n) is 14.7. The topological polar surface area (TPSA) is 13.1 Å². The fourth-order valence-corrected chi connectivity index (χ4v) is 8.78. The van der Waals surface area contributed by atoms with Crippen LogP contribution in [0.5, 0.6) is 0 Å². The van der Waals surface area contributed by atoms with Gasteiger partial charge in [-0.3, -0.25) is 0 Å². The van der Waals surface area contributed by atoms with Crippen molar-refractivity contribution in [1.29, 1.82) is 0 Å². The number of benzene rings is 7. The van der Waals surface area contributed by atoms with Gasteiger partial charge in [0.1, 0.15) is 11.2 Å². The van der Waals surface area contributed by atoms with Crippen molar-refractivity contribution in [1.82, 2.24) is 0 Å². The largest absolute Gasteiger partial charge is 0.456 e. The molecule has 0 aliphatic heterocycles. The molecule has 0 saturated carbocycles. The normalized spacial score (nSPS) is 16.2. The van der Waals surface area contributed by atoms with Gasteiger partial charge in [0, 0.05) is 27.2 Å². The lowest BCUT2D eigenvalue weighted by atomic mass is 9.67. The highest BCUT2D eigenvalue weighted by molar-refractivity contribution is 6.30. The van der Waals surface area contributed by atoms with Crippen LogP contribution in [0.4, 0.5) is 0 Å². The quantitative estimate of drug-likeness (QED) is 0.180. The van der Waals surface area contributed by atoms with Gasteiger partial charge in [-0.2, -0.15) is 0 Å². The average Bonchev–Trinajstić information content (AvgIpc) is 3.47. The molecule has 1 nitrogen and oxygen atoms in total. The molecule has 0 atom stereocenters. The Morgan fingerprint density at radius 2 is 1.22 bits per heavy atom. The first-order valence-corrected chi connectivity index (χ1v) is 14.7. The SMILES string of the molecule is CC1(C)c2c(cc3cc4c5c(ccc6ccc2c3c65)C(C)(C)c2ccccc2-4)-c2ccc3c(oc4ccccc43)c21. The summed E-state index contributed by atoms with van der Waals surface area (Å²) in [4.78, 5) is 0. The van der Waals surface area contributed by atoms with Gasteiger partial charge < -0.3 is 4.42 Å². The van der Waals surface area contributed by atoms with Gasteiger partial charge >= 0.3 is 0 Å². The van der Waals surface area contributed by atoms with Crippen LogP contribution in [0.1, 0.15) is 49.9 Å². The Hall–Kier alpha value is -4.62. The maximum atomic E-state index is 6.62. The van der Waals surface area contributed by atoms with Crippen LogP contribution in [0.15, 0.2) is 101 Å². The van der Waals surface area contributed by atoms with Crippen LogP contribution >= 0.6 is 0 Å². The van der Waals surface area contributed by atoms with E-state index < -0.39 is 0 Å². The molecular formula is C40H28O. The summed E-state index contributed by atoms with van der Waals surface area (Å²) in [7, 11) is 0. The molecular weight excluding hydrogens is 496 g/mol. The summed E-state index contributed by atoms with van der Waals surface area (Å²) in [5, 5.41) is 10.7. The van der Waals surface area contributed by atoms with E-state index in [9.17, 15) is 0 Å². The molecule has 0 radical (unpaired) electrons. The molecule has 0 fully saturated rings. The van der Waals surface area contributed by atoms with E-state index in [2.05, 4.69) is 125 Å². The van der Waals surface area contributed by atoms with E-state index in [1.54, 1.807) is 0 Å². The molecule has 1 heterocycles. The van der Waals surface area contributed by atoms with Crippen LogP contribution < -0.4 is 0 Å². The van der Waals surface area contributed by atoms with Gasteiger partial charge in [-0.25, -0.2) is 0 Å². The molecule has 8 aromatic rings. The van der Waals surface area contributed by atoms with Gasteiger partial charge in [0.15, 0.2) is 0 Å². The van der Waals surface area contributed by atoms with Crippen LogP contribution in [0.25, 0.3) is 76.5 Å². The van der Waals surface area contributed by atoms with Crippen molar-refractivity contribution in [2.45, 2.75) is 38.5 Å². The number of furan rings is 1. The number of fused-ring (bicyclic) bond motifs is 10. The van der Waals surface area contributed by atoms with E-state index in [0.717, 1.165) is 11.2 Å². The lowest BCUT2D eigenvalue weighted by Crippen LogP contribution is -2.23. The monoisotopic (exact) mass is 524 g/mol. The highest BCUT2D eigenvalue weighted by atomic mass is 16.3. The van der Waals surface area contributed by atoms with E-state index in [4.69, 9.17) is 4.42 Å². The summed E-state index contributed by atoms with van der Waals surface area (Å²) in [5.41, 5.74) is 12.7. The number of hydrogen-bond donors (Lipinski definition) is 0. The van der Waals surface area contributed by atoms with Gasteiger partial charge in [-0.05, 0) is 95.5 Å². The second-order valence-electron chi connectivity index (χ2n) is 13.3. The predicted octanol–water partition coefficient (Wildman–Crippen LogP) is 11.1. The number of para-hydroxylation sites is 1. The lowest BCUT2D eigenvalue weighted by molar-refractivity contribution is 0.622. The maximum Gasteiger partial charge on any atom is 0.140 e. The van der Waals surface area contributed by atoms with E-state index in [1.165, 1.54) is 87.6 Å². The molecule has 41 heavy (non-hydrogen) atoms. The van der Waals surface area contributed by atoms with E-state index in [1.807, 2.05) is 0 Å². The van der Waals surface area contributed by atoms with Crippen molar-refractivity contribution in [2.24, 2.45) is 0 Å². The molecule has 0 saturated heterocycles. The van der Waals surface area contributed by atoms with Crippen molar-refractivity contribution >= 4 is 54.3 Å². The minimum Gasteiger partial charge on any atom is -0.456 e. The molecule has 2 aliphatic carbocycles. The Morgan fingerprint density at radius 3 is 2.12 bits per heavy atom. The summed E-state index contributed by atoms with van der Waals surface area (Å²) in [6, 6.07) is 36.5. The molecule has 1 aromatic heterocycles. The van der Waals surface area contributed by atoms with Crippen molar-refractivity contribution in [3.63, 3.8) is 0 Å². The van der Waals surface area contributed by atoms with Crippen LogP contribution in [-0.2, 0) is 10.8 Å². The molecule has 2 aliphatic rings. The minimum absolute atomic E-state index is 0.0593. The van der Waals surface area contributed by atoms with Crippen LogP contribution in [0.3, 0.4) is 0 Å². The van der Waals surface area contributed by atoms with Crippen molar-refractivity contribution in [3.8, 4) is 22.3 Å². The van der Waals surface area contributed by atoms with Crippen LogP contribution in [0, 0.1) is 0 Å². The van der Waals surface area contributed by atoms with E-state index in [0.29, 0.717) is 0 Å². The highest BCUT2D eigenvalue weighted by Gasteiger charge is 2.41. The fraction of sp³-hybridized carbons (Fsp3) is 0.150. The predicted molar refractivity (Wildman–Crippen MR) is 173 cm³/mol. The Morgan fingerprint density at radius 1 is 0.463 bits per heavy atom. The third-order valence-electron chi connectivity index (χ3n) is 10.5. The molecule has 0 bridgehead atoms. The first kappa shape index (κ1) is 22.1. The van der Waals surface area contributed by atoms with Crippen LogP contribution in [0.2, 0.25) is 0 Å². The Kier molecular flexibility index (Phi) is 3.67. The van der Waals surface area contributed by atoms with Gasteiger partial charge in [0.25, 0.3) is 0 Å². The fourth-order valence-electron chi connectivity index (χ4n) is 8.78. The van der Waals surface area contributed by atoms with Gasteiger partial charge in [0.2, 0.25) is 0 Å². The van der Waals surface area contributed by atoms with Gasteiger partial charge in [0.05, 0.1) is 0 Å². The Balaban J connectivity index is 1.40. The lowest BCUT2D eigenvalue weighted by Gasteiger charge is -2.36. The third kappa shape index (κ3) is 2.39. The average molecular weight is 525 g/mol. The molecule has 0 amide bonds. The van der Waals surface area contributed by atoms with Crippen molar-refractivity contribution in [3.05, 3.63) is 119 Å². The smallest absolute Gasteiger partial charge is 0.140 e. The minimum atomic E-state index is -0.199. The second-order valence-corrected chi connectivity index (χ2v) is 13.3. The van der Waals surface area contributed by atoms with Crippen molar-refractivity contribution < 1.29 is 4.42 Å². The van der Waals surface area contributed by atoms with Gasteiger partial charge in [-0.1, -0.05) is 100 Å². The first-order chi connectivity index (χ1) is 19.9. The summed E-state index contributed by atoms with van der Waals surface area (Å²) < 4.78 is 6.62. The second kappa shape index (κ2) is 6.81. The molecule has 0 N–H and O–H groups in total. The molecule has 10 rings (SSSR count). The molecule has 0 spiro atoms. The Labute approximate surface area is 238 Å². The zero-order chi connectivity index (χ0) is 27.4. The number of rotatable bonds is 0. The molecule has 1 heteroatoms. The van der Waals surface area contributed by atoms with Crippen LogP contribution in [-0.4, -0.2) is 0 Å². The number of hydrogen-bond acceptors (Lipinski definition) is 1. The molecule has 194 valence electrons. The van der Waals surface area contributed by atoms with Crippen molar-refractivity contribution in [2.75, 3.05) is 0 Å². The zero-order valence-corrected chi connectivity index (χ0v) is 23.6. The summed E-state index contributed by atoms with van der Waals surface area (Å²) in [6.45, 7) is 9.55. The molecule has 0 unspecified atom stereocenters. The van der Waals surface area contributed by atoms with E-state index >= 15 is 0 Å². The summed E-state index contributed by atoms with van der Waals surface area (Å²) >= 11 is 0. The maximum absolute atomic E-state index is 6.62. The molecule has 7 aromatic carbocycles. The van der Waals surface area contributed by atoms with Gasteiger partial charge in [-0.15, -0.1) is 0 Å². The van der Waals surface area contributed by atoms with E-state index in [-0.39, 0.29) is 10.8 Å². The standard InChI is InChI=1S/C40H28O/c1-39(2)30-11-7-5-9-23(30)28-19-22-20-29-25-16-17-26-24-10-6-8-12-32(24)41-38(26)37(25)40(3,4)36(29)27-15-13-21-14-18-31(39)35(28)34(21)33(22)27/h5-20H,1-4H3. The highest BCUT2D eigenvalue weighted by Crippen LogP contribution is 2.58. The Bertz CT molecular complexity index is 2460. The zero-order valence-electron chi connectivity index (χ0n) is 23.6. The summed E-state index contributed by atoms with van der Waals surface area (Å²) in [5.74, 6) is 0.